The number of nitrogens with zero attached hydrogens (tertiary/aromatic N) is 1. The number of amides is 1. The number of carboxylic acid groups (broad SMARTS) is 1. The molecule has 0 spiro atoms. The summed E-state index contributed by atoms with van der Waals surface area (Å²) < 4.78 is 40.3. The Morgan fingerprint density at radius 3 is 2.35 bits per heavy atom. The van der Waals surface area contributed by atoms with Crippen molar-refractivity contribution in [3.63, 3.8) is 0 Å². The molecule has 0 radical (unpaired) electrons. The fraction of sp³-hybridized carbons (Fsp3) is 0.438. The summed E-state index contributed by atoms with van der Waals surface area (Å²) in [7, 11) is 0. The summed E-state index contributed by atoms with van der Waals surface area (Å²) in [6.07, 6.45) is -3.16. The molecule has 0 atom stereocenters. The zero-order chi connectivity index (χ0) is 17.3. The molecule has 2 rings (SSSR count). The Hall–Kier alpha value is -2.18. The second kappa shape index (κ2) is 6.14. The van der Waals surface area contributed by atoms with Crippen LogP contribution in [0.4, 0.5) is 18.0 Å². The average molecular weight is 329 g/mol. The van der Waals surface area contributed by atoms with E-state index < -0.39 is 12.5 Å². The summed E-state index contributed by atoms with van der Waals surface area (Å²) >= 11 is 0. The minimum Gasteiger partial charge on any atom is -0.465 e. The van der Waals surface area contributed by atoms with E-state index in [0.29, 0.717) is 19.5 Å². The minimum absolute atomic E-state index is 0.254. The van der Waals surface area contributed by atoms with Crippen LogP contribution >= 0.6 is 0 Å². The normalized spacial score (nSPS) is 15.5. The first-order chi connectivity index (χ1) is 10.6. The van der Waals surface area contributed by atoms with Crippen LogP contribution in [0.5, 0.6) is 5.75 Å². The lowest BCUT2D eigenvalue weighted by Crippen LogP contribution is -2.30. The molecule has 7 heteroatoms. The van der Waals surface area contributed by atoms with Crippen molar-refractivity contribution in [2.45, 2.75) is 26.6 Å². The van der Waals surface area contributed by atoms with E-state index in [1.807, 2.05) is 19.9 Å². The average Bonchev–Trinajstić information content (AvgIpc) is 2.90. The van der Waals surface area contributed by atoms with E-state index in [4.69, 9.17) is 5.11 Å². The molecule has 0 aromatic heterocycles. The summed E-state index contributed by atoms with van der Waals surface area (Å²) in [6.45, 7) is 4.71. The lowest BCUT2D eigenvalue weighted by atomic mass is 9.79. The Kier molecular flexibility index (Phi) is 4.58. The smallest absolute Gasteiger partial charge is 0.465 e. The fourth-order valence-corrected chi connectivity index (χ4v) is 2.62. The SMILES string of the molecule is CC(C)(Cc1ccc(OC(F)(F)F)cc1)C1=CCN(C(=O)O)C1. The molecule has 1 aromatic rings. The molecule has 0 aliphatic carbocycles. The van der Waals surface area contributed by atoms with Crippen molar-refractivity contribution in [1.82, 2.24) is 4.90 Å². The number of ether oxygens (including phenoxy) is 1. The van der Waals surface area contributed by atoms with Gasteiger partial charge in [-0.1, -0.05) is 32.1 Å². The number of benzene rings is 1. The van der Waals surface area contributed by atoms with Gasteiger partial charge in [0.25, 0.3) is 0 Å². The zero-order valence-electron chi connectivity index (χ0n) is 12.9. The molecule has 1 N–H and O–H groups in total. The Labute approximate surface area is 132 Å². The third kappa shape index (κ3) is 4.64. The van der Waals surface area contributed by atoms with Gasteiger partial charge in [-0.3, -0.25) is 0 Å². The monoisotopic (exact) mass is 329 g/mol. The standard InChI is InChI=1S/C16H18F3NO3/c1-15(2,12-7-8-20(10-12)14(21)22)9-11-3-5-13(6-4-11)23-16(17,18)19/h3-7H,8-10H2,1-2H3,(H,21,22). The van der Waals surface area contributed by atoms with Crippen LogP contribution in [0.25, 0.3) is 0 Å². The van der Waals surface area contributed by atoms with Crippen molar-refractivity contribution >= 4 is 6.09 Å². The second-order valence-electron chi connectivity index (χ2n) is 6.14. The molecule has 1 aromatic carbocycles. The van der Waals surface area contributed by atoms with Crippen molar-refractivity contribution < 1.29 is 27.8 Å². The highest BCUT2D eigenvalue weighted by atomic mass is 19.4. The van der Waals surface area contributed by atoms with Gasteiger partial charge in [0.15, 0.2) is 0 Å². The molecule has 1 aliphatic heterocycles. The van der Waals surface area contributed by atoms with Crippen molar-refractivity contribution in [2.24, 2.45) is 5.41 Å². The number of alkyl halides is 3. The van der Waals surface area contributed by atoms with E-state index in [2.05, 4.69) is 4.74 Å². The molecule has 23 heavy (non-hydrogen) atoms. The number of rotatable bonds is 4. The van der Waals surface area contributed by atoms with Gasteiger partial charge in [-0.25, -0.2) is 4.79 Å². The number of hydrogen-bond acceptors (Lipinski definition) is 2. The molecule has 0 fully saturated rings. The largest absolute Gasteiger partial charge is 0.573 e. The van der Waals surface area contributed by atoms with Gasteiger partial charge in [0.05, 0.1) is 0 Å². The van der Waals surface area contributed by atoms with Crippen LogP contribution in [-0.4, -0.2) is 35.6 Å². The number of halogens is 3. The predicted octanol–water partition coefficient (Wildman–Crippen LogP) is 4.07. The molecule has 0 bridgehead atoms. The van der Waals surface area contributed by atoms with Crippen molar-refractivity contribution in [3.8, 4) is 5.75 Å². The zero-order valence-corrected chi connectivity index (χ0v) is 12.9. The molecule has 1 amide bonds. The van der Waals surface area contributed by atoms with Crippen molar-refractivity contribution in [3.05, 3.63) is 41.5 Å². The third-order valence-corrected chi connectivity index (χ3v) is 3.86. The van der Waals surface area contributed by atoms with E-state index >= 15 is 0 Å². The Balaban J connectivity index is 2.02. The van der Waals surface area contributed by atoms with Gasteiger partial charge in [0, 0.05) is 13.1 Å². The van der Waals surface area contributed by atoms with Gasteiger partial charge < -0.3 is 14.7 Å². The molecule has 1 aliphatic rings. The third-order valence-electron chi connectivity index (χ3n) is 3.86. The highest BCUT2D eigenvalue weighted by Crippen LogP contribution is 2.34. The molecule has 4 nitrogen and oxygen atoms in total. The van der Waals surface area contributed by atoms with Crippen LogP contribution in [0.2, 0.25) is 0 Å². The molecule has 0 saturated heterocycles. The Morgan fingerprint density at radius 2 is 1.87 bits per heavy atom. The summed E-state index contributed by atoms with van der Waals surface area (Å²) in [5.74, 6) is -0.254. The highest BCUT2D eigenvalue weighted by molar-refractivity contribution is 5.66. The predicted molar refractivity (Wildman–Crippen MR) is 78.3 cm³/mol. The van der Waals surface area contributed by atoms with Crippen LogP contribution in [-0.2, 0) is 6.42 Å². The Morgan fingerprint density at radius 1 is 1.26 bits per heavy atom. The van der Waals surface area contributed by atoms with Gasteiger partial charge >= 0.3 is 12.5 Å². The summed E-state index contributed by atoms with van der Waals surface area (Å²) in [6, 6.07) is 5.75. The van der Waals surface area contributed by atoms with E-state index in [1.54, 1.807) is 12.1 Å². The molecule has 0 saturated carbocycles. The summed E-state index contributed by atoms with van der Waals surface area (Å²) in [5.41, 5.74) is 1.59. The van der Waals surface area contributed by atoms with Crippen LogP contribution < -0.4 is 4.74 Å². The maximum atomic E-state index is 12.1. The van der Waals surface area contributed by atoms with Gasteiger partial charge in [-0.05, 0) is 35.1 Å². The number of carbonyl (C=O) groups is 1. The molecule has 0 unspecified atom stereocenters. The lowest BCUT2D eigenvalue weighted by molar-refractivity contribution is -0.274. The maximum absolute atomic E-state index is 12.1. The van der Waals surface area contributed by atoms with E-state index in [-0.39, 0.29) is 11.2 Å². The first-order valence-corrected chi connectivity index (χ1v) is 7.09. The quantitative estimate of drug-likeness (QED) is 0.847. The highest BCUT2D eigenvalue weighted by Gasteiger charge is 2.32. The fourth-order valence-electron chi connectivity index (χ4n) is 2.62. The van der Waals surface area contributed by atoms with Crippen LogP contribution in [0.3, 0.4) is 0 Å². The van der Waals surface area contributed by atoms with E-state index in [0.717, 1.165) is 11.1 Å². The lowest BCUT2D eigenvalue weighted by Gasteiger charge is -2.27. The molecular weight excluding hydrogens is 311 g/mol. The van der Waals surface area contributed by atoms with Crippen molar-refractivity contribution in [2.75, 3.05) is 13.1 Å². The van der Waals surface area contributed by atoms with Crippen LogP contribution in [0, 0.1) is 5.41 Å². The second-order valence-corrected chi connectivity index (χ2v) is 6.14. The van der Waals surface area contributed by atoms with E-state index in [9.17, 15) is 18.0 Å². The maximum Gasteiger partial charge on any atom is 0.573 e. The Bertz CT molecular complexity index is 606. The first-order valence-electron chi connectivity index (χ1n) is 7.09. The van der Waals surface area contributed by atoms with Gasteiger partial charge in [0.2, 0.25) is 0 Å². The first kappa shape index (κ1) is 17.2. The molecular formula is C16H18F3NO3. The summed E-state index contributed by atoms with van der Waals surface area (Å²) in [4.78, 5) is 12.3. The van der Waals surface area contributed by atoms with Crippen molar-refractivity contribution in [1.29, 1.82) is 0 Å². The van der Waals surface area contributed by atoms with Gasteiger partial charge in [0.1, 0.15) is 5.75 Å². The van der Waals surface area contributed by atoms with Gasteiger partial charge in [-0.2, -0.15) is 0 Å². The topological polar surface area (TPSA) is 49.8 Å². The summed E-state index contributed by atoms with van der Waals surface area (Å²) in [5, 5.41) is 9.00. The molecule has 126 valence electrons. The molecule has 1 heterocycles. The van der Waals surface area contributed by atoms with E-state index in [1.165, 1.54) is 17.0 Å². The minimum atomic E-state index is -4.70. The van der Waals surface area contributed by atoms with Crippen LogP contribution in [0.15, 0.2) is 35.9 Å². The van der Waals surface area contributed by atoms with Crippen LogP contribution in [0.1, 0.15) is 19.4 Å². The number of hydrogen-bond donors (Lipinski definition) is 1. The van der Waals surface area contributed by atoms with Gasteiger partial charge in [-0.15, -0.1) is 13.2 Å².